The molecule has 3 nitrogen and oxygen atoms in total. The molecule has 0 saturated carbocycles. The fourth-order valence-electron chi connectivity index (χ4n) is 2.81. The van der Waals surface area contributed by atoms with Gasteiger partial charge in [0.1, 0.15) is 0 Å². The van der Waals surface area contributed by atoms with Crippen molar-refractivity contribution < 1.29 is 10.2 Å². The molecule has 3 N–H and O–H groups in total. The Bertz CT molecular complexity index is 650. The van der Waals surface area contributed by atoms with Crippen LogP contribution in [0.4, 0.5) is 0 Å². The van der Waals surface area contributed by atoms with Gasteiger partial charge in [-0.1, -0.05) is 22.0 Å². The zero-order valence-corrected chi connectivity index (χ0v) is 12.7. The van der Waals surface area contributed by atoms with Crippen LogP contribution in [-0.4, -0.2) is 16.8 Å². The standard InChI is InChI=1S/C16H16BrNO2/c1-9-4-11(6-12(17)5-9)16-13-8-15(20)14(19)7-10(13)2-3-18-16/h4-8,16,18-20H,2-3H2,1H3. The number of aryl methyl sites for hydroxylation is 1. The molecule has 20 heavy (non-hydrogen) atoms. The van der Waals surface area contributed by atoms with E-state index in [1.807, 2.05) is 0 Å². The van der Waals surface area contributed by atoms with Crippen LogP contribution < -0.4 is 5.32 Å². The van der Waals surface area contributed by atoms with Gasteiger partial charge in [-0.25, -0.2) is 0 Å². The van der Waals surface area contributed by atoms with Crippen molar-refractivity contribution in [3.8, 4) is 11.5 Å². The normalized spacial score (nSPS) is 17.8. The molecule has 1 aliphatic heterocycles. The van der Waals surface area contributed by atoms with Crippen LogP contribution in [-0.2, 0) is 6.42 Å². The van der Waals surface area contributed by atoms with Crippen LogP contribution in [0.15, 0.2) is 34.8 Å². The Labute approximate surface area is 126 Å². The minimum atomic E-state index is -0.0656. The van der Waals surface area contributed by atoms with Gasteiger partial charge >= 0.3 is 0 Å². The average molecular weight is 334 g/mol. The monoisotopic (exact) mass is 333 g/mol. The Balaban J connectivity index is 2.11. The fourth-order valence-corrected chi connectivity index (χ4v) is 3.44. The van der Waals surface area contributed by atoms with E-state index in [9.17, 15) is 10.2 Å². The number of aromatic hydroxyl groups is 2. The lowest BCUT2D eigenvalue weighted by atomic mass is 9.89. The molecule has 2 aromatic rings. The van der Waals surface area contributed by atoms with Crippen molar-refractivity contribution in [2.45, 2.75) is 19.4 Å². The molecule has 2 aromatic carbocycles. The third-order valence-electron chi connectivity index (χ3n) is 3.69. The summed E-state index contributed by atoms with van der Waals surface area (Å²) < 4.78 is 1.05. The van der Waals surface area contributed by atoms with E-state index in [0.29, 0.717) is 0 Å². The van der Waals surface area contributed by atoms with Gasteiger partial charge in [0.15, 0.2) is 11.5 Å². The topological polar surface area (TPSA) is 52.5 Å². The molecular weight excluding hydrogens is 318 g/mol. The Hall–Kier alpha value is -1.52. The predicted molar refractivity (Wildman–Crippen MR) is 82.2 cm³/mol. The van der Waals surface area contributed by atoms with Gasteiger partial charge in [-0.05, 0) is 59.9 Å². The molecular formula is C16H16BrNO2. The van der Waals surface area contributed by atoms with Gasteiger partial charge in [-0.2, -0.15) is 0 Å². The fraction of sp³-hybridized carbons (Fsp3) is 0.250. The van der Waals surface area contributed by atoms with Crippen molar-refractivity contribution in [1.29, 1.82) is 0 Å². The highest BCUT2D eigenvalue weighted by Gasteiger charge is 2.23. The summed E-state index contributed by atoms with van der Waals surface area (Å²) in [5, 5.41) is 22.9. The molecule has 0 aliphatic carbocycles. The van der Waals surface area contributed by atoms with Crippen LogP contribution in [0, 0.1) is 6.92 Å². The van der Waals surface area contributed by atoms with E-state index in [1.54, 1.807) is 12.1 Å². The van der Waals surface area contributed by atoms with Gasteiger partial charge in [0.2, 0.25) is 0 Å². The molecule has 0 spiro atoms. The van der Waals surface area contributed by atoms with Gasteiger partial charge < -0.3 is 15.5 Å². The Morgan fingerprint density at radius 3 is 2.60 bits per heavy atom. The molecule has 104 valence electrons. The van der Waals surface area contributed by atoms with Gasteiger partial charge in [0.25, 0.3) is 0 Å². The van der Waals surface area contributed by atoms with Crippen molar-refractivity contribution >= 4 is 15.9 Å². The predicted octanol–water partition coefficient (Wildman–Crippen LogP) is 3.40. The summed E-state index contributed by atoms with van der Waals surface area (Å²) >= 11 is 3.53. The largest absolute Gasteiger partial charge is 0.504 e. The first-order chi connectivity index (χ1) is 9.54. The Morgan fingerprint density at radius 2 is 1.85 bits per heavy atom. The number of rotatable bonds is 1. The number of phenolic OH excluding ortho intramolecular Hbond substituents is 2. The molecule has 1 heterocycles. The van der Waals surface area contributed by atoms with Crippen molar-refractivity contribution in [2.24, 2.45) is 0 Å². The average Bonchev–Trinajstić information content (AvgIpc) is 2.38. The lowest BCUT2D eigenvalue weighted by molar-refractivity contribution is 0.400. The number of halogens is 1. The Morgan fingerprint density at radius 1 is 1.10 bits per heavy atom. The number of phenols is 2. The Kier molecular flexibility index (Phi) is 3.44. The maximum Gasteiger partial charge on any atom is 0.157 e. The number of hydrogen-bond acceptors (Lipinski definition) is 3. The molecule has 1 unspecified atom stereocenters. The van der Waals surface area contributed by atoms with Gasteiger partial charge in [0.05, 0.1) is 6.04 Å². The van der Waals surface area contributed by atoms with Crippen molar-refractivity contribution in [1.82, 2.24) is 5.32 Å². The lowest BCUT2D eigenvalue weighted by Gasteiger charge is -2.28. The van der Waals surface area contributed by atoms with Crippen LogP contribution in [0.1, 0.15) is 28.3 Å². The molecule has 0 amide bonds. The molecule has 1 aliphatic rings. The van der Waals surface area contributed by atoms with Crippen LogP contribution in [0.2, 0.25) is 0 Å². The highest BCUT2D eigenvalue weighted by Crippen LogP contribution is 2.36. The van der Waals surface area contributed by atoms with Crippen LogP contribution in [0.5, 0.6) is 11.5 Å². The molecule has 3 rings (SSSR count). The van der Waals surface area contributed by atoms with Crippen LogP contribution in [0.25, 0.3) is 0 Å². The van der Waals surface area contributed by atoms with Gasteiger partial charge in [0, 0.05) is 11.0 Å². The maximum absolute atomic E-state index is 9.76. The minimum Gasteiger partial charge on any atom is -0.504 e. The molecule has 4 heteroatoms. The quantitative estimate of drug-likeness (QED) is 0.701. The molecule has 0 bridgehead atoms. The van der Waals surface area contributed by atoms with Crippen molar-refractivity contribution in [3.05, 3.63) is 57.1 Å². The van der Waals surface area contributed by atoms with Crippen LogP contribution >= 0.6 is 15.9 Å². The third-order valence-corrected chi connectivity index (χ3v) is 4.15. The van der Waals surface area contributed by atoms with Crippen molar-refractivity contribution in [3.63, 3.8) is 0 Å². The highest BCUT2D eigenvalue weighted by atomic mass is 79.9. The lowest BCUT2D eigenvalue weighted by Crippen LogP contribution is -2.30. The van der Waals surface area contributed by atoms with E-state index in [2.05, 4.69) is 46.4 Å². The minimum absolute atomic E-state index is 0.0430. The SMILES string of the molecule is Cc1cc(Br)cc(C2NCCc3cc(O)c(O)cc32)c1. The molecule has 0 saturated heterocycles. The first-order valence-electron chi connectivity index (χ1n) is 6.60. The highest BCUT2D eigenvalue weighted by molar-refractivity contribution is 9.10. The second-order valence-corrected chi connectivity index (χ2v) is 6.15. The van der Waals surface area contributed by atoms with E-state index in [4.69, 9.17) is 0 Å². The summed E-state index contributed by atoms with van der Waals surface area (Å²) in [7, 11) is 0. The first-order valence-corrected chi connectivity index (χ1v) is 7.39. The van der Waals surface area contributed by atoms with Crippen LogP contribution in [0.3, 0.4) is 0 Å². The van der Waals surface area contributed by atoms with E-state index in [1.165, 1.54) is 5.56 Å². The number of hydrogen-bond donors (Lipinski definition) is 3. The van der Waals surface area contributed by atoms with Gasteiger partial charge in [-0.3, -0.25) is 0 Å². The molecule has 0 radical (unpaired) electrons. The summed E-state index contributed by atoms with van der Waals surface area (Å²) in [6, 6.07) is 9.68. The number of nitrogens with one attached hydrogen (secondary N) is 1. The molecule has 0 aromatic heterocycles. The first kappa shape index (κ1) is 13.5. The second-order valence-electron chi connectivity index (χ2n) is 5.24. The van der Waals surface area contributed by atoms with E-state index in [-0.39, 0.29) is 17.5 Å². The molecule has 0 fully saturated rings. The zero-order chi connectivity index (χ0) is 14.3. The van der Waals surface area contributed by atoms with Gasteiger partial charge in [-0.15, -0.1) is 0 Å². The number of benzene rings is 2. The maximum atomic E-state index is 9.76. The summed E-state index contributed by atoms with van der Waals surface area (Å²) in [5.74, 6) is -0.112. The third kappa shape index (κ3) is 2.41. The summed E-state index contributed by atoms with van der Waals surface area (Å²) in [6.45, 7) is 2.92. The zero-order valence-electron chi connectivity index (χ0n) is 11.2. The van der Waals surface area contributed by atoms with Crippen molar-refractivity contribution in [2.75, 3.05) is 6.54 Å². The smallest absolute Gasteiger partial charge is 0.157 e. The van der Waals surface area contributed by atoms with E-state index >= 15 is 0 Å². The second kappa shape index (κ2) is 5.11. The number of fused-ring (bicyclic) bond motifs is 1. The summed E-state index contributed by atoms with van der Waals surface area (Å²) in [4.78, 5) is 0. The summed E-state index contributed by atoms with van der Waals surface area (Å²) in [5.41, 5.74) is 4.46. The van der Waals surface area contributed by atoms with E-state index < -0.39 is 0 Å². The summed E-state index contributed by atoms with van der Waals surface area (Å²) in [6.07, 6.45) is 0.854. The molecule has 1 atom stereocenters. The van der Waals surface area contributed by atoms with E-state index in [0.717, 1.165) is 34.1 Å².